The van der Waals surface area contributed by atoms with Crippen LogP contribution in [0.5, 0.6) is 0 Å². The van der Waals surface area contributed by atoms with Crippen molar-refractivity contribution >= 4 is 23.1 Å². The van der Waals surface area contributed by atoms with Crippen LogP contribution in [0, 0.1) is 6.92 Å². The Hall–Kier alpha value is -1.80. The molecule has 0 saturated carbocycles. The molecular weight excluding hydrogens is 234 g/mol. The van der Waals surface area contributed by atoms with Crippen molar-refractivity contribution in [2.75, 3.05) is 5.73 Å². The summed E-state index contributed by atoms with van der Waals surface area (Å²) in [6.07, 6.45) is 0. The zero-order valence-electron chi connectivity index (χ0n) is 9.25. The number of hydrogen-bond acceptors (Lipinski definition) is 2. The summed E-state index contributed by atoms with van der Waals surface area (Å²) in [4.78, 5) is 12.2. The Labute approximate surface area is 104 Å². The van der Waals surface area contributed by atoms with Gasteiger partial charge in [-0.3, -0.25) is 4.79 Å². The number of rotatable bonds is 0. The van der Waals surface area contributed by atoms with Crippen molar-refractivity contribution in [2.24, 2.45) is 0 Å². The minimum Gasteiger partial charge on any atom is -0.398 e. The summed E-state index contributed by atoms with van der Waals surface area (Å²) < 4.78 is 0. The maximum absolute atomic E-state index is 12.2. The molecule has 2 N–H and O–H groups in total. The highest BCUT2D eigenvalue weighted by Gasteiger charge is 2.28. The Morgan fingerprint density at radius 2 is 1.82 bits per heavy atom. The number of ketones is 1. The Morgan fingerprint density at radius 3 is 2.59 bits per heavy atom. The van der Waals surface area contributed by atoms with E-state index in [9.17, 15) is 4.79 Å². The van der Waals surface area contributed by atoms with Crippen LogP contribution in [0.3, 0.4) is 0 Å². The van der Waals surface area contributed by atoms with Crippen molar-refractivity contribution in [1.29, 1.82) is 0 Å². The average Bonchev–Trinajstić information content (AvgIpc) is 2.52. The largest absolute Gasteiger partial charge is 0.398 e. The van der Waals surface area contributed by atoms with Gasteiger partial charge in [0.1, 0.15) is 0 Å². The summed E-state index contributed by atoms with van der Waals surface area (Å²) >= 11 is 5.92. The first-order valence-electron chi connectivity index (χ1n) is 5.32. The van der Waals surface area contributed by atoms with Crippen molar-refractivity contribution in [2.45, 2.75) is 6.92 Å². The van der Waals surface area contributed by atoms with E-state index in [0.717, 1.165) is 16.7 Å². The second kappa shape index (κ2) is 3.34. The molecule has 17 heavy (non-hydrogen) atoms. The zero-order chi connectivity index (χ0) is 12.2. The fourth-order valence-corrected chi connectivity index (χ4v) is 2.53. The molecule has 1 aliphatic carbocycles. The van der Waals surface area contributed by atoms with Gasteiger partial charge in [0.25, 0.3) is 0 Å². The van der Waals surface area contributed by atoms with Crippen LogP contribution in [0.1, 0.15) is 21.5 Å². The number of carbonyl (C=O) groups excluding carboxylic acids is 1. The van der Waals surface area contributed by atoms with Gasteiger partial charge in [0.2, 0.25) is 0 Å². The summed E-state index contributed by atoms with van der Waals surface area (Å²) in [5.41, 5.74) is 10.6. The minimum absolute atomic E-state index is 0.0324. The first-order chi connectivity index (χ1) is 8.08. The van der Waals surface area contributed by atoms with E-state index in [4.69, 9.17) is 17.3 Å². The van der Waals surface area contributed by atoms with Crippen molar-refractivity contribution in [3.8, 4) is 11.1 Å². The molecule has 0 atom stereocenters. The summed E-state index contributed by atoms with van der Waals surface area (Å²) in [5, 5.41) is 0.570. The molecule has 0 saturated heterocycles. The molecule has 2 nitrogen and oxygen atoms in total. The molecule has 0 unspecified atom stereocenters. The standard InChI is InChI=1S/C14H10ClNO/c1-7-4-10-9-3-2-8(15)6-11(9)14(17)13(10)12(16)5-7/h2-6H,16H2,1H3. The fraction of sp³-hybridized carbons (Fsp3) is 0.0714. The summed E-state index contributed by atoms with van der Waals surface area (Å²) in [5.74, 6) is -0.0324. The lowest BCUT2D eigenvalue weighted by molar-refractivity contribution is 0.104. The maximum Gasteiger partial charge on any atom is 0.196 e. The van der Waals surface area contributed by atoms with E-state index in [0.29, 0.717) is 21.8 Å². The fourth-order valence-electron chi connectivity index (χ4n) is 2.35. The van der Waals surface area contributed by atoms with E-state index in [1.165, 1.54) is 0 Å². The smallest absolute Gasteiger partial charge is 0.196 e. The van der Waals surface area contributed by atoms with Crippen LogP contribution in [-0.2, 0) is 0 Å². The number of aryl methyl sites for hydroxylation is 1. The van der Waals surface area contributed by atoms with E-state index in [1.54, 1.807) is 12.1 Å². The number of halogens is 1. The molecule has 2 aromatic rings. The third-order valence-electron chi connectivity index (χ3n) is 3.06. The van der Waals surface area contributed by atoms with E-state index in [-0.39, 0.29) is 5.78 Å². The van der Waals surface area contributed by atoms with Gasteiger partial charge in [-0.2, -0.15) is 0 Å². The molecule has 0 aromatic heterocycles. The zero-order valence-corrected chi connectivity index (χ0v) is 10.0. The molecule has 3 heteroatoms. The second-order valence-electron chi connectivity index (χ2n) is 4.30. The number of carbonyl (C=O) groups is 1. The van der Waals surface area contributed by atoms with Crippen LogP contribution in [0.2, 0.25) is 5.02 Å². The minimum atomic E-state index is -0.0324. The van der Waals surface area contributed by atoms with Crippen LogP contribution in [0.15, 0.2) is 30.3 Å². The van der Waals surface area contributed by atoms with Gasteiger partial charge in [-0.25, -0.2) is 0 Å². The van der Waals surface area contributed by atoms with Gasteiger partial charge in [-0.05, 0) is 41.8 Å². The molecule has 2 aromatic carbocycles. The summed E-state index contributed by atoms with van der Waals surface area (Å²) in [7, 11) is 0. The van der Waals surface area contributed by atoms with E-state index >= 15 is 0 Å². The molecule has 0 spiro atoms. The number of benzene rings is 2. The van der Waals surface area contributed by atoms with Gasteiger partial charge >= 0.3 is 0 Å². The SMILES string of the molecule is Cc1cc(N)c2c(c1)-c1ccc(Cl)cc1C2=O. The topological polar surface area (TPSA) is 43.1 Å². The van der Waals surface area contributed by atoms with Gasteiger partial charge in [0.15, 0.2) is 5.78 Å². The molecule has 0 heterocycles. The van der Waals surface area contributed by atoms with Gasteiger partial charge in [0.05, 0.1) is 5.56 Å². The quantitative estimate of drug-likeness (QED) is 0.615. The van der Waals surface area contributed by atoms with Gasteiger partial charge < -0.3 is 5.73 Å². The van der Waals surface area contributed by atoms with Crippen molar-refractivity contribution in [3.05, 3.63) is 52.0 Å². The number of hydrogen-bond donors (Lipinski definition) is 1. The molecule has 3 rings (SSSR count). The summed E-state index contributed by atoms with van der Waals surface area (Å²) in [6, 6.07) is 9.18. The van der Waals surface area contributed by atoms with Crippen LogP contribution in [0.4, 0.5) is 5.69 Å². The molecule has 0 radical (unpaired) electrons. The third kappa shape index (κ3) is 1.38. The number of anilines is 1. The Balaban J connectivity index is 2.39. The van der Waals surface area contributed by atoms with Gasteiger partial charge in [0, 0.05) is 16.3 Å². The predicted molar refractivity (Wildman–Crippen MR) is 69.5 cm³/mol. The molecular formula is C14H10ClNO. The van der Waals surface area contributed by atoms with E-state index in [2.05, 4.69) is 0 Å². The Kier molecular flexibility index (Phi) is 2.04. The van der Waals surface area contributed by atoms with Crippen molar-refractivity contribution < 1.29 is 4.79 Å². The number of nitrogen functional groups attached to an aromatic ring is 1. The van der Waals surface area contributed by atoms with Crippen LogP contribution >= 0.6 is 11.6 Å². The lowest BCUT2D eigenvalue weighted by Gasteiger charge is -2.04. The van der Waals surface area contributed by atoms with E-state index in [1.807, 2.05) is 25.1 Å². The molecule has 0 fully saturated rings. The number of fused-ring (bicyclic) bond motifs is 3. The van der Waals surface area contributed by atoms with Crippen LogP contribution in [0.25, 0.3) is 11.1 Å². The first-order valence-corrected chi connectivity index (χ1v) is 5.70. The normalized spacial score (nSPS) is 12.5. The second-order valence-corrected chi connectivity index (χ2v) is 4.73. The highest BCUT2D eigenvalue weighted by Crippen LogP contribution is 2.40. The Bertz CT molecular complexity index is 662. The molecule has 0 amide bonds. The average molecular weight is 244 g/mol. The summed E-state index contributed by atoms with van der Waals surface area (Å²) in [6.45, 7) is 1.97. The lowest BCUT2D eigenvalue weighted by Crippen LogP contribution is -2.01. The van der Waals surface area contributed by atoms with Gasteiger partial charge in [-0.15, -0.1) is 0 Å². The molecule has 84 valence electrons. The monoisotopic (exact) mass is 243 g/mol. The third-order valence-corrected chi connectivity index (χ3v) is 3.29. The number of nitrogens with two attached hydrogens (primary N) is 1. The lowest BCUT2D eigenvalue weighted by atomic mass is 10.0. The van der Waals surface area contributed by atoms with Gasteiger partial charge in [-0.1, -0.05) is 23.7 Å². The van der Waals surface area contributed by atoms with Crippen LogP contribution in [-0.4, -0.2) is 5.78 Å². The van der Waals surface area contributed by atoms with Crippen molar-refractivity contribution in [3.63, 3.8) is 0 Å². The van der Waals surface area contributed by atoms with Crippen molar-refractivity contribution in [1.82, 2.24) is 0 Å². The highest BCUT2D eigenvalue weighted by atomic mass is 35.5. The Morgan fingerprint density at radius 1 is 1.06 bits per heavy atom. The predicted octanol–water partition coefficient (Wildman–Crippen LogP) is 3.44. The maximum atomic E-state index is 12.2. The first kappa shape index (κ1) is 10.4. The molecule has 0 aliphatic heterocycles. The molecule has 0 bridgehead atoms. The highest BCUT2D eigenvalue weighted by molar-refractivity contribution is 6.32. The van der Waals surface area contributed by atoms with E-state index < -0.39 is 0 Å². The molecule has 1 aliphatic rings. The van der Waals surface area contributed by atoms with Crippen LogP contribution < -0.4 is 5.73 Å².